The lowest BCUT2D eigenvalue weighted by Gasteiger charge is -2.32. The smallest absolute Gasteiger partial charge is 0.399 e. The van der Waals surface area contributed by atoms with Crippen molar-refractivity contribution in [2.24, 2.45) is 5.92 Å². The summed E-state index contributed by atoms with van der Waals surface area (Å²) in [5.41, 5.74) is 0.105. The van der Waals surface area contributed by atoms with Gasteiger partial charge in [-0.05, 0) is 60.4 Å². The topological polar surface area (TPSA) is 71.0 Å². The van der Waals surface area contributed by atoms with Gasteiger partial charge in [0, 0.05) is 43.5 Å². The Balaban J connectivity index is 1.67. The number of aliphatic hydroxyl groups is 1. The van der Waals surface area contributed by atoms with Gasteiger partial charge in [0.2, 0.25) is 5.95 Å². The molecule has 3 rings (SSSR count). The van der Waals surface area contributed by atoms with Gasteiger partial charge >= 0.3 is 7.12 Å². The van der Waals surface area contributed by atoms with E-state index in [0.717, 1.165) is 44.0 Å². The van der Waals surface area contributed by atoms with E-state index in [9.17, 15) is 0 Å². The highest BCUT2D eigenvalue weighted by Gasteiger charge is 2.52. The van der Waals surface area contributed by atoms with Gasteiger partial charge in [-0.15, -0.1) is 0 Å². The lowest BCUT2D eigenvalue weighted by atomic mass is 9.81. The van der Waals surface area contributed by atoms with Crippen LogP contribution in [0.3, 0.4) is 0 Å². The molecule has 2 saturated heterocycles. The van der Waals surface area contributed by atoms with E-state index in [-0.39, 0.29) is 17.8 Å². The zero-order valence-corrected chi connectivity index (χ0v) is 18.2. The fourth-order valence-corrected chi connectivity index (χ4v) is 3.79. The number of rotatable bonds is 7. The van der Waals surface area contributed by atoms with Crippen molar-refractivity contribution in [2.75, 3.05) is 37.7 Å². The summed E-state index contributed by atoms with van der Waals surface area (Å²) in [5, 5.41) is 9.15. The van der Waals surface area contributed by atoms with Gasteiger partial charge in [0.15, 0.2) is 0 Å². The molecule has 1 atom stereocenters. The molecular formula is C20H35BN4O3. The molecule has 2 aliphatic rings. The third-order valence-electron chi connectivity index (χ3n) is 6.30. The van der Waals surface area contributed by atoms with Crippen LogP contribution < -0.4 is 10.4 Å². The van der Waals surface area contributed by atoms with Gasteiger partial charge in [0.1, 0.15) is 0 Å². The van der Waals surface area contributed by atoms with Gasteiger partial charge in [0.25, 0.3) is 0 Å². The van der Waals surface area contributed by atoms with Crippen molar-refractivity contribution < 1.29 is 14.4 Å². The van der Waals surface area contributed by atoms with E-state index in [1.54, 1.807) is 0 Å². The Morgan fingerprint density at radius 1 is 1.21 bits per heavy atom. The first kappa shape index (κ1) is 21.5. The summed E-state index contributed by atoms with van der Waals surface area (Å²) < 4.78 is 12.2. The van der Waals surface area contributed by atoms with Gasteiger partial charge in [-0.25, -0.2) is 9.97 Å². The molecule has 3 heterocycles. The monoisotopic (exact) mass is 390 g/mol. The van der Waals surface area contributed by atoms with Crippen LogP contribution in [0.1, 0.15) is 48.0 Å². The molecule has 0 spiro atoms. The summed E-state index contributed by atoms with van der Waals surface area (Å²) in [6, 6.07) is 0.314. The Morgan fingerprint density at radius 2 is 1.82 bits per heavy atom. The van der Waals surface area contributed by atoms with Crippen LogP contribution in [-0.2, 0) is 9.31 Å². The molecule has 0 aromatic carbocycles. The van der Waals surface area contributed by atoms with Crippen molar-refractivity contribution >= 4 is 18.5 Å². The Bertz CT molecular complexity index is 637. The summed E-state index contributed by atoms with van der Waals surface area (Å²) in [6.07, 6.45) is 4.80. The van der Waals surface area contributed by atoms with Crippen LogP contribution in [0.5, 0.6) is 0 Å². The van der Waals surface area contributed by atoms with Crippen molar-refractivity contribution in [3.8, 4) is 0 Å². The molecule has 2 fully saturated rings. The number of β-amino-alcohol motifs (C(OH)–C–C–N with tert-alkyl or cyclic N) is 1. The summed E-state index contributed by atoms with van der Waals surface area (Å²) >= 11 is 0. The average molecular weight is 390 g/mol. The molecule has 0 aliphatic carbocycles. The number of hydrogen-bond acceptors (Lipinski definition) is 7. The lowest BCUT2D eigenvalue weighted by Crippen LogP contribution is -2.41. The highest BCUT2D eigenvalue weighted by Crippen LogP contribution is 2.36. The van der Waals surface area contributed by atoms with Crippen molar-refractivity contribution in [1.29, 1.82) is 0 Å². The van der Waals surface area contributed by atoms with E-state index in [1.165, 1.54) is 0 Å². The largest absolute Gasteiger partial charge is 0.498 e. The molecule has 0 radical (unpaired) electrons. The Morgan fingerprint density at radius 3 is 2.36 bits per heavy atom. The van der Waals surface area contributed by atoms with Gasteiger partial charge in [-0.3, -0.25) is 0 Å². The average Bonchev–Trinajstić information content (AvgIpc) is 3.14. The molecule has 7 nitrogen and oxygen atoms in total. The van der Waals surface area contributed by atoms with E-state index in [2.05, 4.69) is 33.6 Å². The number of aromatic nitrogens is 2. The van der Waals surface area contributed by atoms with E-state index in [1.807, 2.05) is 40.1 Å². The maximum atomic E-state index is 9.15. The second-order valence-corrected chi connectivity index (χ2v) is 9.33. The van der Waals surface area contributed by atoms with Crippen LogP contribution in [0.25, 0.3) is 0 Å². The van der Waals surface area contributed by atoms with E-state index in [0.29, 0.717) is 12.0 Å². The zero-order valence-electron chi connectivity index (χ0n) is 18.2. The normalized spacial score (nSPS) is 24.3. The Kier molecular flexibility index (Phi) is 6.34. The Hall–Kier alpha value is -1.22. The molecule has 0 saturated carbocycles. The molecule has 1 aromatic rings. The van der Waals surface area contributed by atoms with Gasteiger partial charge in [-0.2, -0.15) is 0 Å². The first-order valence-corrected chi connectivity index (χ1v) is 10.4. The fourth-order valence-electron chi connectivity index (χ4n) is 3.79. The van der Waals surface area contributed by atoms with Crippen LogP contribution in [0, 0.1) is 5.92 Å². The highest BCUT2D eigenvalue weighted by atomic mass is 16.7. The first-order chi connectivity index (χ1) is 13.1. The highest BCUT2D eigenvalue weighted by molar-refractivity contribution is 6.61. The van der Waals surface area contributed by atoms with Gasteiger partial charge < -0.3 is 24.2 Å². The van der Waals surface area contributed by atoms with Crippen LogP contribution >= 0.6 is 0 Å². The standard InChI is InChI=1S/C20H35BN4O3/c1-15(2)25(14-16-7-8-24(13-16)9-10-26)18-22-11-17(12-23-18)21-27-19(3,4)20(5,6)28-21/h11-12,15-16,26H,7-10,13-14H2,1-6H3. The second kappa shape index (κ2) is 8.26. The Labute approximate surface area is 169 Å². The van der Waals surface area contributed by atoms with Crippen molar-refractivity contribution in [1.82, 2.24) is 14.9 Å². The summed E-state index contributed by atoms with van der Waals surface area (Å²) in [5.74, 6) is 1.32. The van der Waals surface area contributed by atoms with Crippen LogP contribution in [-0.4, -0.2) is 77.1 Å². The summed E-state index contributed by atoms with van der Waals surface area (Å²) in [4.78, 5) is 13.9. The van der Waals surface area contributed by atoms with Crippen molar-refractivity contribution in [2.45, 2.75) is 65.2 Å². The SMILES string of the molecule is CC(C)N(CC1CCN(CCO)C1)c1ncc(B2OC(C)(C)C(C)(C)O2)cn1. The van der Waals surface area contributed by atoms with Crippen LogP contribution in [0.4, 0.5) is 5.95 Å². The summed E-state index contributed by atoms with van der Waals surface area (Å²) in [6.45, 7) is 16.5. The van der Waals surface area contributed by atoms with Crippen LogP contribution in [0.2, 0.25) is 0 Å². The van der Waals surface area contributed by atoms with Crippen molar-refractivity contribution in [3.63, 3.8) is 0 Å². The predicted molar refractivity (Wildman–Crippen MR) is 112 cm³/mol. The molecule has 1 unspecified atom stereocenters. The van der Waals surface area contributed by atoms with E-state index >= 15 is 0 Å². The number of likely N-dealkylation sites (tertiary alicyclic amines) is 1. The molecule has 0 bridgehead atoms. The molecular weight excluding hydrogens is 355 g/mol. The zero-order chi connectivity index (χ0) is 20.5. The molecule has 1 N–H and O–H groups in total. The molecule has 1 aromatic heterocycles. The molecule has 28 heavy (non-hydrogen) atoms. The van der Waals surface area contributed by atoms with Crippen molar-refractivity contribution in [3.05, 3.63) is 12.4 Å². The van der Waals surface area contributed by atoms with Crippen LogP contribution in [0.15, 0.2) is 12.4 Å². The third-order valence-corrected chi connectivity index (χ3v) is 6.30. The quantitative estimate of drug-likeness (QED) is 0.704. The number of anilines is 1. The second-order valence-electron chi connectivity index (χ2n) is 9.33. The minimum atomic E-state index is -0.437. The number of aliphatic hydroxyl groups excluding tert-OH is 1. The first-order valence-electron chi connectivity index (χ1n) is 10.4. The van der Waals surface area contributed by atoms with Gasteiger partial charge in [0.05, 0.1) is 17.8 Å². The maximum Gasteiger partial charge on any atom is 0.498 e. The summed E-state index contributed by atoms with van der Waals surface area (Å²) in [7, 11) is -0.437. The minimum Gasteiger partial charge on any atom is -0.399 e. The molecule has 2 aliphatic heterocycles. The number of hydrogen-bond donors (Lipinski definition) is 1. The lowest BCUT2D eigenvalue weighted by molar-refractivity contribution is 0.00578. The number of nitrogens with zero attached hydrogens (tertiary/aromatic N) is 4. The minimum absolute atomic E-state index is 0.226. The molecule has 0 amide bonds. The molecule has 156 valence electrons. The maximum absolute atomic E-state index is 9.15. The third kappa shape index (κ3) is 4.51. The fraction of sp³-hybridized carbons (Fsp3) is 0.800. The van der Waals surface area contributed by atoms with Gasteiger partial charge in [-0.1, -0.05) is 0 Å². The van der Waals surface area contributed by atoms with E-state index in [4.69, 9.17) is 14.4 Å². The molecule has 8 heteroatoms. The van der Waals surface area contributed by atoms with E-state index < -0.39 is 7.12 Å². The predicted octanol–water partition coefficient (Wildman–Crippen LogP) is 1.30.